The van der Waals surface area contributed by atoms with E-state index in [9.17, 15) is 39.2 Å². The Hall–Kier alpha value is -3.48. The fourth-order valence-electron chi connectivity index (χ4n) is 6.23. The van der Waals surface area contributed by atoms with E-state index in [0.717, 1.165) is 0 Å². The maximum Gasteiger partial charge on any atom is 0.255 e. The van der Waals surface area contributed by atoms with Gasteiger partial charge >= 0.3 is 0 Å². The molecule has 5 atom stereocenters. The number of alkyl halides is 1. The lowest BCUT2D eigenvalue weighted by molar-refractivity contribution is -0.148. The molecule has 5 unspecified atom stereocenters. The molecule has 0 spiro atoms. The summed E-state index contributed by atoms with van der Waals surface area (Å²) in [6.07, 6.45) is 0.195. The van der Waals surface area contributed by atoms with E-state index in [1.54, 1.807) is 46.1 Å². The van der Waals surface area contributed by atoms with Crippen LogP contribution in [0.25, 0.3) is 0 Å². The molecule has 0 fully saturated rings. The van der Waals surface area contributed by atoms with Crippen molar-refractivity contribution in [1.82, 2.24) is 10.2 Å². The summed E-state index contributed by atoms with van der Waals surface area (Å²) in [6.45, 7) is 1.06. The number of phenolic OH excluding ortho intramolecular Hbond substituents is 1. The van der Waals surface area contributed by atoms with Crippen molar-refractivity contribution in [2.24, 2.45) is 17.6 Å². The maximum atomic E-state index is 14.0. The number of aliphatic hydroxyl groups excluding tert-OH is 2. The number of rotatable bonds is 7. The van der Waals surface area contributed by atoms with Gasteiger partial charge in [-0.15, -0.1) is 0 Å². The number of likely N-dealkylation sites (N-methyl/N-ethyl adjacent to an activating group) is 1. The van der Waals surface area contributed by atoms with Crippen molar-refractivity contribution in [1.29, 1.82) is 0 Å². The Morgan fingerprint density at radius 1 is 1.23 bits per heavy atom. The highest BCUT2D eigenvalue weighted by Crippen LogP contribution is 2.53. The topological polar surface area (TPSA) is 177 Å². The molecule has 12 heteroatoms. The number of hydrogen-bond donors (Lipinski definition) is 6. The predicted molar refractivity (Wildman–Crippen MR) is 140 cm³/mol. The van der Waals surface area contributed by atoms with Crippen molar-refractivity contribution >= 4 is 23.2 Å². The molecule has 39 heavy (non-hydrogen) atoms. The Balaban J connectivity index is 1.93. The molecule has 0 saturated carbocycles. The van der Waals surface area contributed by atoms with Crippen LogP contribution in [-0.4, -0.2) is 95.3 Å². The highest BCUT2D eigenvalue weighted by molar-refractivity contribution is 6.24. The number of anilines is 1. The number of benzene rings is 1. The highest BCUT2D eigenvalue weighted by Gasteiger charge is 2.63. The van der Waals surface area contributed by atoms with Gasteiger partial charge < -0.3 is 36.4 Å². The molecule has 1 aromatic carbocycles. The van der Waals surface area contributed by atoms with Gasteiger partial charge in [0.2, 0.25) is 5.78 Å². The summed E-state index contributed by atoms with van der Waals surface area (Å²) >= 11 is 0. The zero-order valence-electron chi connectivity index (χ0n) is 22.6. The van der Waals surface area contributed by atoms with E-state index in [-0.39, 0.29) is 36.3 Å². The lowest BCUT2D eigenvalue weighted by Crippen LogP contribution is -2.63. The van der Waals surface area contributed by atoms with Gasteiger partial charge in [-0.1, -0.05) is 0 Å². The summed E-state index contributed by atoms with van der Waals surface area (Å²) in [5.74, 6) is -6.95. The summed E-state index contributed by atoms with van der Waals surface area (Å²) in [5, 5.41) is 48.1. The van der Waals surface area contributed by atoms with Gasteiger partial charge in [0, 0.05) is 49.4 Å². The molecule has 0 bridgehead atoms. The van der Waals surface area contributed by atoms with Crippen LogP contribution in [-0.2, 0) is 22.6 Å². The molecule has 11 nitrogen and oxygen atoms in total. The fourth-order valence-corrected chi connectivity index (χ4v) is 6.23. The third-order valence-electron chi connectivity index (χ3n) is 8.13. The van der Waals surface area contributed by atoms with Crippen molar-refractivity contribution in [3.63, 3.8) is 0 Å². The van der Waals surface area contributed by atoms with E-state index in [1.165, 1.54) is 4.90 Å². The fraction of sp³-hybridized carbons (Fsp3) is 0.519. The zero-order chi connectivity index (χ0) is 29.1. The van der Waals surface area contributed by atoms with E-state index in [1.807, 2.05) is 0 Å². The minimum atomic E-state index is -2.69. The van der Waals surface area contributed by atoms with Crippen LogP contribution < -0.4 is 16.0 Å². The number of halogens is 1. The summed E-state index contributed by atoms with van der Waals surface area (Å²) < 4.78 is 13.0. The van der Waals surface area contributed by atoms with Crippen LogP contribution in [0.15, 0.2) is 28.7 Å². The monoisotopic (exact) mass is 546 g/mol. The molecule has 4 rings (SSSR count). The van der Waals surface area contributed by atoms with Gasteiger partial charge in [0.05, 0.1) is 11.6 Å². The molecule has 0 aromatic heterocycles. The molecular weight excluding hydrogens is 511 g/mol. The lowest BCUT2D eigenvalue weighted by Gasteiger charge is -2.50. The highest BCUT2D eigenvalue weighted by atomic mass is 19.1. The minimum Gasteiger partial charge on any atom is -0.510 e. The molecule has 0 radical (unpaired) electrons. The number of phenols is 1. The van der Waals surface area contributed by atoms with Gasteiger partial charge in [0.1, 0.15) is 29.5 Å². The molecule has 0 saturated heterocycles. The first-order chi connectivity index (χ1) is 18.2. The number of nitrogens with zero attached hydrogens (tertiary/aromatic N) is 2. The number of aliphatic hydroxyl groups is 3. The normalized spacial score (nSPS) is 27.3. The smallest absolute Gasteiger partial charge is 0.255 e. The van der Waals surface area contributed by atoms with Gasteiger partial charge in [-0.2, -0.15) is 0 Å². The zero-order valence-corrected chi connectivity index (χ0v) is 22.6. The number of nitrogens with two attached hydrogens (primary N) is 1. The Labute approximate surface area is 225 Å². The summed E-state index contributed by atoms with van der Waals surface area (Å²) in [6, 6.07) is 0.168. The number of ketones is 2. The van der Waals surface area contributed by atoms with Gasteiger partial charge in [0.25, 0.3) is 5.91 Å². The molecule has 0 aliphatic heterocycles. The standard InChI is InChI=1S/C27H35FN4O7/c1-11(9-28)30-10-13-8-16(31(2)3)14-6-12-7-15-20(32(4)5)23(35)19(26(29)38)25(37)27(15,39)24(36)17(12)22(34)18(14)21(13)33/h8,11-12,15,20,30,33,35-36,39H,6-7,9-10H2,1-5H3,(H2,29,38). The van der Waals surface area contributed by atoms with Gasteiger partial charge in [0.15, 0.2) is 11.4 Å². The number of allylic oxidation sites excluding steroid dienone is 1. The minimum absolute atomic E-state index is 0.0106. The van der Waals surface area contributed by atoms with Crippen molar-refractivity contribution in [3.05, 3.63) is 45.4 Å². The summed E-state index contributed by atoms with van der Waals surface area (Å²) in [5.41, 5.74) is 3.02. The molecule has 1 amide bonds. The SMILES string of the molecule is CC(CF)NCc1cc(N(C)C)c2c(c1O)C(=O)C1=C(O)C3(O)C(=O)C(C(N)=O)=C(O)C(N(C)C)C3CC1C2. The van der Waals surface area contributed by atoms with E-state index in [2.05, 4.69) is 5.32 Å². The predicted octanol–water partition coefficient (Wildman–Crippen LogP) is 0.634. The molecule has 1 aromatic rings. The number of carbonyl (C=O) groups is 3. The van der Waals surface area contributed by atoms with Gasteiger partial charge in [-0.25, -0.2) is 4.39 Å². The first-order valence-corrected chi connectivity index (χ1v) is 12.7. The molecule has 3 aliphatic carbocycles. The third kappa shape index (κ3) is 4.17. The number of hydrogen-bond acceptors (Lipinski definition) is 10. The van der Waals surface area contributed by atoms with Gasteiger partial charge in [-0.05, 0) is 51.4 Å². The Morgan fingerprint density at radius 2 is 1.87 bits per heavy atom. The first kappa shape index (κ1) is 28.5. The number of aromatic hydroxyl groups is 1. The average Bonchev–Trinajstić information content (AvgIpc) is 2.84. The summed E-state index contributed by atoms with van der Waals surface area (Å²) in [7, 11) is 6.71. The molecule has 212 valence electrons. The van der Waals surface area contributed by atoms with Crippen LogP contribution in [0.1, 0.15) is 34.8 Å². The van der Waals surface area contributed by atoms with E-state index in [0.29, 0.717) is 16.8 Å². The first-order valence-electron chi connectivity index (χ1n) is 12.7. The number of carbonyl (C=O) groups excluding carboxylic acids is 3. The quantitative estimate of drug-likeness (QED) is 0.266. The Bertz CT molecular complexity index is 1320. The van der Waals surface area contributed by atoms with Crippen LogP contribution >= 0.6 is 0 Å². The summed E-state index contributed by atoms with van der Waals surface area (Å²) in [4.78, 5) is 42.8. The number of fused-ring (bicyclic) bond motifs is 3. The number of primary amides is 1. The number of amides is 1. The van der Waals surface area contributed by atoms with Crippen LogP contribution in [0, 0.1) is 11.8 Å². The molecule has 3 aliphatic rings. The second-order valence-electron chi connectivity index (χ2n) is 11.1. The van der Waals surface area contributed by atoms with Crippen molar-refractivity contribution in [3.8, 4) is 5.75 Å². The van der Waals surface area contributed by atoms with Crippen molar-refractivity contribution < 1.29 is 39.2 Å². The van der Waals surface area contributed by atoms with Crippen LogP contribution in [0.2, 0.25) is 0 Å². The van der Waals surface area contributed by atoms with Crippen LogP contribution in [0.3, 0.4) is 0 Å². The molecule has 0 heterocycles. The Kier molecular flexibility index (Phi) is 7.26. The second-order valence-corrected chi connectivity index (χ2v) is 11.1. The largest absolute Gasteiger partial charge is 0.510 e. The van der Waals surface area contributed by atoms with E-state index < -0.39 is 70.8 Å². The third-order valence-corrected chi connectivity index (χ3v) is 8.13. The van der Waals surface area contributed by atoms with Crippen molar-refractivity contribution in [2.75, 3.05) is 39.8 Å². The number of Topliss-reactive ketones (excluding diaryl/α,β-unsaturated/α-hetero) is 2. The lowest BCUT2D eigenvalue weighted by atomic mass is 9.58. The van der Waals surface area contributed by atoms with Crippen LogP contribution in [0.4, 0.5) is 10.1 Å². The van der Waals surface area contributed by atoms with Gasteiger partial charge in [-0.3, -0.25) is 19.3 Å². The Morgan fingerprint density at radius 3 is 2.41 bits per heavy atom. The van der Waals surface area contributed by atoms with Crippen LogP contribution in [0.5, 0.6) is 5.75 Å². The maximum absolute atomic E-state index is 14.0. The van der Waals surface area contributed by atoms with E-state index >= 15 is 0 Å². The number of nitrogens with one attached hydrogen (secondary N) is 1. The van der Waals surface area contributed by atoms with Crippen molar-refractivity contribution in [2.45, 2.75) is 44.0 Å². The molecule has 7 N–H and O–H groups in total. The second kappa shape index (κ2) is 9.92. The average molecular weight is 547 g/mol. The van der Waals surface area contributed by atoms with E-state index in [4.69, 9.17) is 5.73 Å². The molecular formula is C27H35FN4O7.